The van der Waals surface area contributed by atoms with Crippen molar-refractivity contribution >= 4 is 17.6 Å². The van der Waals surface area contributed by atoms with Crippen LogP contribution in [0.3, 0.4) is 0 Å². The number of nitrogens with one attached hydrogen (secondary N) is 1. The first-order valence-corrected chi connectivity index (χ1v) is 6.94. The van der Waals surface area contributed by atoms with E-state index >= 15 is 0 Å². The molecule has 1 aromatic rings. The molecule has 2 rings (SSSR count). The van der Waals surface area contributed by atoms with Crippen LogP contribution in [0, 0.1) is 6.92 Å². The Morgan fingerprint density at radius 3 is 2.86 bits per heavy atom. The standard InChI is InChI=1S/C15H19NO5/c1-10-8-11(21-9-14(17)18)5-6-12(10)16-15(19)13-4-2-3-7-20-13/h5-6,8,13H,2-4,7,9H2,1H3,(H,16,19)(H,17,18). The van der Waals surface area contributed by atoms with E-state index in [2.05, 4.69) is 5.32 Å². The summed E-state index contributed by atoms with van der Waals surface area (Å²) < 4.78 is 10.5. The molecule has 0 radical (unpaired) electrons. The molecule has 114 valence electrons. The van der Waals surface area contributed by atoms with Crippen molar-refractivity contribution in [3.63, 3.8) is 0 Å². The molecule has 0 aromatic heterocycles. The molecular formula is C15H19NO5. The smallest absolute Gasteiger partial charge is 0.341 e. The van der Waals surface area contributed by atoms with Crippen LogP contribution in [0.1, 0.15) is 24.8 Å². The van der Waals surface area contributed by atoms with Gasteiger partial charge in [-0.2, -0.15) is 0 Å². The van der Waals surface area contributed by atoms with Gasteiger partial charge < -0.3 is 19.9 Å². The maximum absolute atomic E-state index is 12.1. The summed E-state index contributed by atoms with van der Waals surface area (Å²) in [6.45, 7) is 2.06. The lowest BCUT2D eigenvalue weighted by molar-refractivity contribution is -0.139. The van der Waals surface area contributed by atoms with Crippen molar-refractivity contribution in [2.24, 2.45) is 0 Å². The highest BCUT2D eigenvalue weighted by atomic mass is 16.5. The number of aliphatic carboxylic acids is 1. The van der Waals surface area contributed by atoms with Crippen molar-refractivity contribution in [1.82, 2.24) is 0 Å². The fourth-order valence-electron chi connectivity index (χ4n) is 2.17. The Hall–Kier alpha value is -2.08. The van der Waals surface area contributed by atoms with E-state index in [1.807, 2.05) is 6.92 Å². The van der Waals surface area contributed by atoms with Crippen LogP contribution in [-0.2, 0) is 14.3 Å². The van der Waals surface area contributed by atoms with Gasteiger partial charge >= 0.3 is 5.97 Å². The van der Waals surface area contributed by atoms with Gasteiger partial charge in [0.15, 0.2) is 6.61 Å². The number of carbonyl (C=O) groups is 2. The van der Waals surface area contributed by atoms with Crippen molar-refractivity contribution in [2.45, 2.75) is 32.3 Å². The van der Waals surface area contributed by atoms with Crippen molar-refractivity contribution in [2.75, 3.05) is 18.5 Å². The molecule has 0 aliphatic carbocycles. The van der Waals surface area contributed by atoms with Crippen LogP contribution in [0.15, 0.2) is 18.2 Å². The summed E-state index contributed by atoms with van der Waals surface area (Å²) in [6.07, 6.45) is 2.35. The van der Waals surface area contributed by atoms with Crippen molar-refractivity contribution in [3.05, 3.63) is 23.8 Å². The zero-order valence-electron chi connectivity index (χ0n) is 11.9. The Morgan fingerprint density at radius 2 is 2.24 bits per heavy atom. The van der Waals surface area contributed by atoms with Gasteiger partial charge in [0.25, 0.3) is 5.91 Å². The van der Waals surface area contributed by atoms with Gasteiger partial charge in [-0.3, -0.25) is 4.79 Å². The lowest BCUT2D eigenvalue weighted by Crippen LogP contribution is -2.33. The molecule has 2 N–H and O–H groups in total. The van der Waals surface area contributed by atoms with Gasteiger partial charge in [0.05, 0.1) is 0 Å². The first-order chi connectivity index (χ1) is 10.1. The van der Waals surface area contributed by atoms with E-state index in [0.717, 1.165) is 24.8 Å². The van der Waals surface area contributed by atoms with Gasteiger partial charge in [-0.1, -0.05) is 0 Å². The minimum atomic E-state index is -1.03. The quantitative estimate of drug-likeness (QED) is 0.867. The number of amides is 1. The highest BCUT2D eigenvalue weighted by Crippen LogP contribution is 2.22. The van der Waals surface area contributed by atoms with E-state index in [4.69, 9.17) is 14.6 Å². The van der Waals surface area contributed by atoms with Gasteiger partial charge in [-0.05, 0) is 49.9 Å². The predicted molar refractivity (Wildman–Crippen MR) is 76.5 cm³/mol. The summed E-state index contributed by atoms with van der Waals surface area (Å²) in [5, 5.41) is 11.4. The van der Waals surface area contributed by atoms with E-state index in [0.29, 0.717) is 18.0 Å². The summed E-state index contributed by atoms with van der Waals surface area (Å²) in [7, 11) is 0. The average molecular weight is 293 g/mol. The molecule has 1 saturated heterocycles. The van der Waals surface area contributed by atoms with Crippen molar-refractivity contribution < 1.29 is 24.2 Å². The van der Waals surface area contributed by atoms with Crippen LogP contribution in [0.5, 0.6) is 5.75 Å². The third-order valence-corrected chi connectivity index (χ3v) is 3.29. The molecular weight excluding hydrogens is 274 g/mol. The molecule has 21 heavy (non-hydrogen) atoms. The molecule has 1 amide bonds. The van der Waals surface area contributed by atoms with Crippen LogP contribution in [0.25, 0.3) is 0 Å². The van der Waals surface area contributed by atoms with Crippen molar-refractivity contribution in [3.8, 4) is 5.75 Å². The second kappa shape index (κ2) is 7.08. The van der Waals surface area contributed by atoms with E-state index in [1.165, 1.54) is 0 Å². The first kappa shape index (κ1) is 15.3. The van der Waals surface area contributed by atoms with Gasteiger partial charge in [-0.15, -0.1) is 0 Å². The Morgan fingerprint density at radius 1 is 1.43 bits per heavy atom. The number of carboxylic acid groups (broad SMARTS) is 1. The number of hydrogen-bond acceptors (Lipinski definition) is 4. The summed E-state index contributed by atoms with van der Waals surface area (Å²) in [6, 6.07) is 5.03. The lowest BCUT2D eigenvalue weighted by Gasteiger charge is -2.22. The van der Waals surface area contributed by atoms with E-state index in [-0.39, 0.29) is 18.6 Å². The number of carboxylic acids is 1. The van der Waals surface area contributed by atoms with Gasteiger partial charge in [0.1, 0.15) is 11.9 Å². The minimum Gasteiger partial charge on any atom is -0.482 e. The third-order valence-electron chi connectivity index (χ3n) is 3.29. The number of hydrogen-bond donors (Lipinski definition) is 2. The molecule has 1 aromatic carbocycles. The molecule has 1 aliphatic heterocycles. The maximum Gasteiger partial charge on any atom is 0.341 e. The van der Waals surface area contributed by atoms with Gasteiger partial charge in [-0.25, -0.2) is 4.79 Å². The summed E-state index contributed by atoms with van der Waals surface area (Å²) in [5.74, 6) is -0.710. The highest BCUT2D eigenvalue weighted by molar-refractivity contribution is 5.94. The molecule has 1 fully saturated rings. The monoisotopic (exact) mass is 293 g/mol. The van der Waals surface area contributed by atoms with Crippen LogP contribution in [-0.4, -0.2) is 36.3 Å². The molecule has 0 saturated carbocycles. The Bertz CT molecular complexity index is 523. The first-order valence-electron chi connectivity index (χ1n) is 6.94. The molecule has 1 atom stereocenters. The fourth-order valence-corrected chi connectivity index (χ4v) is 2.17. The summed E-state index contributed by atoms with van der Waals surface area (Å²) >= 11 is 0. The van der Waals surface area contributed by atoms with Crippen LogP contribution in [0.2, 0.25) is 0 Å². The fraction of sp³-hybridized carbons (Fsp3) is 0.467. The van der Waals surface area contributed by atoms with E-state index in [9.17, 15) is 9.59 Å². The molecule has 1 unspecified atom stereocenters. The largest absolute Gasteiger partial charge is 0.482 e. The van der Waals surface area contributed by atoms with E-state index < -0.39 is 5.97 Å². The highest BCUT2D eigenvalue weighted by Gasteiger charge is 2.22. The second-order valence-corrected chi connectivity index (χ2v) is 5.00. The lowest BCUT2D eigenvalue weighted by atomic mass is 10.1. The number of benzene rings is 1. The third kappa shape index (κ3) is 4.46. The van der Waals surface area contributed by atoms with E-state index in [1.54, 1.807) is 18.2 Å². The SMILES string of the molecule is Cc1cc(OCC(=O)O)ccc1NC(=O)C1CCCCO1. The predicted octanol–water partition coefficient (Wildman–Crippen LogP) is 1.97. The Labute approximate surface area is 123 Å². The number of carbonyl (C=O) groups excluding carboxylic acids is 1. The summed E-state index contributed by atoms with van der Waals surface area (Å²) in [5.41, 5.74) is 1.49. The molecule has 0 bridgehead atoms. The number of ether oxygens (including phenoxy) is 2. The molecule has 1 aliphatic rings. The Kier molecular flexibility index (Phi) is 5.16. The van der Waals surface area contributed by atoms with Crippen molar-refractivity contribution in [1.29, 1.82) is 0 Å². The molecule has 6 heteroatoms. The van der Waals surface area contributed by atoms with Crippen LogP contribution in [0.4, 0.5) is 5.69 Å². The van der Waals surface area contributed by atoms with Crippen LogP contribution >= 0.6 is 0 Å². The average Bonchev–Trinajstić information content (AvgIpc) is 2.48. The maximum atomic E-state index is 12.1. The summed E-state index contributed by atoms with van der Waals surface area (Å²) in [4.78, 5) is 22.5. The topological polar surface area (TPSA) is 84.9 Å². The normalized spacial score (nSPS) is 18.0. The molecule has 6 nitrogen and oxygen atoms in total. The number of rotatable bonds is 5. The minimum absolute atomic E-state index is 0.142. The van der Waals surface area contributed by atoms with Gasteiger partial charge in [0, 0.05) is 12.3 Å². The Balaban J connectivity index is 1.96. The molecule has 1 heterocycles. The molecule has 0 spiro atoms. The second-order valence-electron chi connectivity index (χ2n) is 5.00. The zero-order valence-corrected chi connectivity index (χ0v) is 11.9. The van der Waals surface area contributed by atoms with Gasteiger partial charge in [0.2, 0.25) is 0 Å². The zero-order chi connectivity index (χ0) is 15.2. The number of anilines is 1. The van der Waals surface area contributed by atoms with Crippen LogP contribution < -0.4 is 10.1 Å². The number of aryl methyl sites for hydroxylation is 1.